The molecular weight excluding hydrogens is 401 g/mol. The van der Waals surface area contributed by atoms with Crippen LogP contribution in [0, 0.1) is 12.7 Å². The molecule has 1 atom stereocenters. The third kappa shape index (κ3) is 3.76. The second-order valence-corrected chi connectivity index (χ2v) is 8.14. The van der Waals surface area contributed by atoms with E-state index in [2.05, 4.69) is 9.97 Å². The van der Waals surface area contributed by atoms with Gasteiger partial charge in [-0.25, -0.2) is 18.9 Å². The number of aryl methyl sites for hydroxylation is 1. The van der Waals surface area contributed by atoms with Crippen LogP contribution in [0.25, 0.3) is 16.7 Å². The molecule has 0 aliphatic heterocycles. The Hall–Kier alpha value is -3.32. The van der Waals surface area contributed by atoms with Crippen LogP contribution < -0.4 is 5.56 Å². The van der Waals surface area contributed by atoms with Crippen molar-refractivity contribution >= 4 is 28.4 Å². The maximum atomic E-state index is 13.3. The van der Waals surface area contributed by atoms with E-state index in [0.717, 1.165) is 5.56 Å². The Bertz CT molecular complexity index is 1300. The number of carbonyl (C=O) groups is 1. The standard InChI is InChI=1S/C23H18FN3O2S/c1-14-6-5-13-25-21(14)27-22(29)18-7-3-4-8-19(18)26-23(27)30-15(2)20(28)16-9-11-17(24)12-10-16/h3-13,15H,1-2H3. The molecule has 0 bridgehead atoms. The van der Waals surface area contributed by atoms with Crippen molar-refractivity contribution in [3.05, 3.63) is 94.2 Å². The van der Waals surface area contributed by atoms with Gasteiger partial charge in [0.25, 0.3) is 5.56 Å². The molecule has 4 rings (SSSR count). The van der Waals surface area contributed by atoms with Crippen LogP contribution in [-0.2, 0) is 0 Å². The van der Waals surface area contributed by atoms with Gasteiger partial charge in [-0.15, -0.1) is 0 Å². The van der Waals surface area contributed by atoms with Crippen LogP contribution in [0.3, 0.4) is 0 Å². The van der Waals surface area contributed by atoms with Gasteiger partial charge < -0.3 is 0 Å². The number of fused-ring (bicyclic) bond motifs is 1. The molecule has 7 heteroatoms. The molecule has 2 aromatic heterocycles. The first-order valence-corrected chi connectivity index (χ1v) is 10.2. The second kappa shape index (κ2) is 8.20. The maximum Gasteiger partial charge on any atom is 0.267 e. The van der Waals surface area contributed by atoms with Crippen LogP contribution in [0.2, 0.25) is 0 Å². The summed E-state index contributed by atoms with van der Waals surface area (Å²) in [6.45, 7) is 3.61. The number of ketones is 1. The molecule has 0 aliphatic rings. The fraction of sp³-hybridized carbons (Fsp3) is 0.130. The lowest BCUT2D eigenvalue weighted by Gasteiger charge is -2.16. The van der Waals surface area contributed by atoms with E-state index in [1.54, 1.807) is 37.4 Å². The molecule has 0 amide bonds. The Morgan fingerprint density at radius 1 is 1.07 bits per heavy atom. The topological polar surface area (TPSA) is 64.8 Å². The number of hydrogen-bond donors (Lipinski definition) is 0. The quantitative estimate of drug-likeness (QED) is 0.269. The number of Topliss-reactive ketones (excluding diaryl/α,β-unsaturated/α-hetero) is 1. The Morgan fingerprint density at radius 2 is 1.80 bits per heavy atom. The average molecular weight is 419 g/mol. The molecule has 0 spiro atoms. The predicted octanol–water partition coefficient (Wildman–Crippen LogP) is 4.59. The van der Waals surface area contributed by atoms with Crippen molar-refractivity contribution in [1.29, 1.82) is 0 Å². The third-order valence-electron chi connectivity index (χ3n) is 4.72. The van der Waals surface area contributed by atoms with Crippen molar-refractivity contribution in [2.45, 2.75) is 24.3 Å². The number of para-hydroxylation sites is 1. The highest BCUT2D eigenvalue weighted by molar-refractivity contribution is 8.00. The highest BCUT2D eigenvalue weighted by Gasteiger charge is 2.22. The van der Waals surface area contributed by atoms with Gasteiger partial charge in [-0.1, -0.05) is 30.0 Å². The molecule has 4 aromatic rings. The van der Waals surface area contributed by atoms with Crippen molar-refractivity contribution in [2.24, 2.45) is 0 Å². The van der Waals surface area contributed by atoms with E-state index in [0.29, 0.717) is 27.4 Å². The molecule has 30 heavy (non-hydrogen) atoms. The zero-order valence-corrected chi connectivity index (χ0v) is 17.2. The summed E-state index contributed by atoms with van der Waals surface area (Å²) in [5.41, 5.74) is 1.53. The van der Waals surface area contributed by atoms with Crippen LogP contribution in [0.15, 0.2) is 76.8 Å². The third-order valence-corrected chi connectivity index (χ3v) is 5.77. The van der Waals surface area contributed by atoms with Crippen molar-refractivity contribution in [2.75, 3.05) is 0 Å². The van der Waals surface area contributed by atoms with Crippen molar-refractivity contribution in [3.8, 4) is 5.82 Å². The van der Waals surface area contributed by atoms with Crippen LogP contribution in [-0.4, -0.2) is 25.6 Å². The first kappa shape index (κ1) is 20.0. The first-order chi connectivity index (χ1) is 14.5. The average Bonchev–Trinajstić information content (AvgIpc) is 2.75. The summed E-state index contributed by atoms with van der Waals surface area (Å²) in [5, 5.41) is 0.312. The van der Waals surface area contributed by atoms with E-state index in [9.17, 15) is 14.0 Å². The zero-order chi connectivity index (χ0) is 21.3. The minimum Gasteiger partial charge on any atom is -0.293 e. The van der Waals surface area contributed by atoms with E-state index in [-0.39, 0.29) is 11.3 Å². The van der Waals surface area contributed by atoms with Crippen molar-refractivity contribution < 1.29 is 9.18 Å². The Balaban J connectivity index is 1.82. The summed E-state index contributed by atoms with van der Waals surface area (Å²) in [5.74, 6) is -0.0982. The molecule has 0 N–H and O–H groups in total. The number of rotatable bonds is 5. The molecule has 0 aliphatic carbocycles. The summed E-state index contributed by atoms with van der Waals surface area (Å²) in [6.07, 6.45) is 1.62. The summed E-state index contributed by atoms with van der Waals surface area (Å²) in [4.78, 5) is 35.2. The number of aromatic nitrogens is 3. The van der Waals surface area contributed by atoms with Gasteiger partial charge in [0.1, 0.15) is 11.6 Å². The van der Waals surface area contributed by atoms with Gasteiger partial charge in [-0.05, 0) is 61.9 Å². The van der Waals surface area contributed by atoms with Gasteiger partial charge in [-0.3, -0.25) is 9.59 Å². The number of carbonyl (C=O) groups excluding carboxylic acids is 1. The molecule has 0 fully saturated rings. The van der Waals surface area contributed by atoms with Gasteiger partial charge >= 0.3 is 0 Å². The predicted molar refractivity (Wildman–Crippen MR) is 116 cm³/mol. The molecule has 2 aromatic carbocycles. The normalized spacial score (nSPS) is 12.1. The Labute approximate surface area is 176 Å². The molecule has 2 heterocycles. The number of thioether (sulfide) groups is 1. The van der Waals surface area contributed by atoms with Crippen LogP contribution in [0.5, 0.6) is 0 Å². The molecule has 0 saturated carbocycles. The molecule has 0 radical (unpaired) electrons. The lowest BCUT2D eigenvalue weighted by atomic mass is 10.1. The van der Waals surface area contributed by atoms with E-state index < -0.39 is 11.1 Å². The van der Waals surface area contributed by atoms with Gasteiger partial charge in [0.2, 0.25) is 0 Å². The lowest BCUT2D eigenvalue weighted by Crippen LogP contribution is -2.25. The molecule has 1 unspecified atom stereocenters. The van der Waals surface area contributed by atoms with Crippen LogP contribution >= 0.6 is 11.8 Å². The van der Waals surface area contributed by atoms with Crippen LogP contribution in [0.4, 0.5) is 4.39 Å². The van der Waals surface area contributed by atoms with E-state index in [1.807, 2.05) is 19.1 Å². The zero-order valence-electron chi connectivity index (χ0n) is 16.4. The minimum absolute atomic E-state index is 0.174. The molecule has 0 saturated heterocycles. The molecular formula is C23H18FN3O2S. The van der Waals surface area contributed by atoms with Gasteiger partial charge in [0.05, 0.1) is 16.2 Å². The maximum absolute atomic E-state index is 13.3. The van der Waals surface area contributed by atoms with Crippen molar-refractivity contribution in [3.63, 3.8) is 0 Å². The fourth-order valence-electron chi connectivity index (χ4n) is 3.15. The first-order valence-electron chi connectivity index (χ1n) is 9.36. The Morgan fingerprint density at radius 3 is 2.53 bits per heavy atom. The number of halogens is 1. The lowest BCUT2D eigenvalue weighted by molar-refractivity contribution is 0.0994. The van der Waals surface area contributed by atoms with Gasteiger partial charge in [0, 0.05) is 11.8 Å². The number of benzene rings is 2. The monoisotopic (exact) mass is 419 g/mol. The molecule has 150 valence electrons. The van der Waals surface area contributed by atoms with E-state index in [1.165, 1.54) is 40.6 Å². The SMILES string of the molecule is Cc1cccnc1-n1c(SC(C)C(=O)c2ccc(F)cc2)nc2ccccc2c1=O. The Kier molecular flexibility index (Phi) is 5.46. The van der Waals surface area contributed by atoms with Crippen molar-refractivity contribution in [1.82, 2.24) is 14.5 Å². The van der Waals surface area contributed by atoms with E-state index >= 15 is 0 Å². The highest BCUT2D eigenvalue weighted by Crippen LogP contribution is 2.27. The number of nitrogens with zero attached hydrogens (tertiary/aromatic N) is 3. The van der Waals surface area contributed by atoms with Gasteiger partial charge in [0.15, 0.2) is 10.9 Å². The largest absolute Gasteiger partial charge is 0.293 e. The second-order valence-electron chi connectivity index (χ2n) is 6.83. The number of hydrogen-bond acceptors (Lipinski definition) is 5. The van der Waals surface area contributed by atoms with Crippen LogP contribution in [0.1, 0.15) is 22.8 Å². The summed E-state index contributed by atoms with van der Waals surface area (Å²) < 4.78 is 14.7. The smallest absolute Gasteiger partial charge is 0.267 e. The summed E-state index contributed by atoms with van der Waals surface area (Å²) in [6, 6.07) is 16.2. The fourth-order valence-corrected chi connectivity index (χ4v) is 4.14. The summed E-state index contributed by atoms with van der Waals surface area (Å²) >= 11 is 1.18. The van der Waals surface area contributed by atoms with Gasteiger partial charge in [-0.2, -0.15) is 0 Å². The highest BCUT2D eigenvalue weighted by atomic mass is 32.2. The minimum atomic E-state index is -0.543. The summed E-state index contributed by atoms with van der Waals surface area (Å²) in [7, 11) is 0. The van der Waals surface area contributed by atoms with E-state index in [4.69, 9.17) is 0 Å². The molecule has 5 nitrogen and oxygen atoms in total. The number of pyridine rings is 1.